The summed E-state index contributed by atoms with van der Waals surface area (Å²) in [4.78, 5) is 1.48. The topological polar surface area (TPSA) is 83.6 Å². The molecular formula is C13H17F3N2O3S. The zero-order chi connectivity index (χ0) is 16.5. The Morgan fingerprint density at radius 2 is 2.05 bits per heavy atom. The molecule has 0 saturated heterocycles. The molecule has 22 heavy (non-hydrogen) atoms. The molecule has 5 nitrogen and oxygen atoms in total. The van der Waals surface area contributed by atoms with Crippen molar-refractivity contribution in [3.8, 4) is 0 Å². The standard InChI is InChI=1S/C13H17F3N2O3S/c14-13(15,16)7-10(19)8-18-5-1-2-9-3-4-11(6-12(9)18)22(17,20)21/h3-4,6,10,19H,1-2,5,7-8H2,(H2,17,20,21). The predicted octanol–water partition coefficient (Wildman–Crippen LogP) is 1.40. The van der Waals surface area contributed by atoms with Crippen molar-refractivity contribution < 1.29 is 26.7 Å². The van der Waals surface area contributed by atoms with Gasteiger partial charge in [0.05, 0.1) is 17.4 Å². The molecule has 0 aliphatic carbocycles. The van der Waals surface area contributed by atoms with Crippen LogP contribution in [0, 0.1) is 0 Å². The number of β-amino-alcohol motifs (C(OH)–C–C–N with tert-alkyl or cyclic N) is 1. The summed E-state index contributed by atoms with van der Waals surface area (Å²) < 4.78 is 59.7. The minimum absolute atomic E-state index is 0.0940. The van der Waals surface area contributed by atoms with Gasteiger partial charge in [0.25, 0.3) is 0 Å². The van der Waals surface area contributed by atoms with Crippen molar-refractivity contribution in [3.63, 3.8) is 0 Å². The fraction of sp³-hybridized carbons (Fsp3) is 0.538. The predicted molar refractivity (Wildman–Crippen MR) is 75.0 cm³/mol. The fourth-order valence-electron chi connectivity index (χ4n) is 2.58. The van der Waals surface area contributed by atoms with Crippen molar-refractivity contribution in [1.29, 1.82) is 0 Å². The van der Waals surface area contributed by atoms with Gasteiger partial charge in [-0.1, -0.05) is 6.07 Å². The Morgan fingerprint density at radius 3 is 2.64 bits per heavy atom. The number of sulfonamides is 1. The molecular weight excluding hydrogens is 321 g/mol. The summed E-state index contributed by atoms with van der Waals surface area (Å²) in [5.74, 6) is 0. The lowest BCUT2D eigenvalue weighted by molar-refractivity contribution is -0.152. The number of nitrogens with zero attached hydrogens (tertiary/aromatic N) is 1. The quantitative estimate of drug-likeness (QED) is 0.869. The maximum Gasteiger partial charge on any atom is 0.391 e. The number of alkyl halides is 3. The SMILES string of the molecule is NS(=O)(=O)c1ccc2c(c1)N(CC(O)CC(F)(F)F)CCC2. The lowest BCUT2D eigenvalue weighted by Gasteiger charge is -2.33. The van der Waals surface area contributed by atoms with Crippen LogP contribution in [0.1, 0.15) is 18.4 Å². The lowest BCUT2D eigenvalue weighted by Crippen LogP contribution is -2.38. The van der Waals surface area contributed by atoms with E-state index in [0.717, 1.165) is 12.0 Å². The number of aliphatic hydroxyl groups is 1. The Balaban J connectivity index is 2.23. The summed E-state index contributed by atoms with van der Waals surface area (Å²) in [6.45, 7) is 0.247. The Kier molecular flexibility index (Phi) is 4.69. The van der Waals surface area contributed by atoms with Gasteiger partial charge in [0, 0.05) is 18.8 Å². The molecule has 0 radical (unpaired) electrons. The van der Waals surface area contributed by atoms with Crippen molar-refractivity contribution >= 4 is 15.7 Å². The first-order valence-corrected chi connectivity index (χ1v) is 8.26. The summed E-state index contributed by atoms with van der Waals surface area (Å²) in [6, 6.07) is 4.34. The van der Waals surface area contributed by atoms with Gasteiger partial charge in [-0.25, -0.2) is 13.6 Å². The molecule has 3 N–H and O–H groups in total. The summed E-state index contributed by atoms with van der Waals surface area (Å²) in [5, 5.41) is 14.7. The van der Waals surface area contributed by atoms with Gasteiger partial charge in [-0.15, -0.1) is 0 Å². The van der Waals surface area contributed by atoms with Crippen molar-refractivity contribution in [2.45, 2.75) is 36.4 Å². The molecule has 1 heterocycles. The Bertz CT molecular complexity index is 646. The van der Waals surface area contributed by atoms with Crippen LogP contribution >= 0.6 is 0 Å². The van der Waals surface area contributed by atoms with Crippen LogP contribution in [0.15, 0.2) is 23.1 Å². The number of nitrogens with two attached hydrogens (primary N) is 1. The number of aryl methyl sites for hydroxylation is 1. The van der Waals surface area contributed by atoms with E-state index in [-0.39, 0.29) is 11.4 Å². The molecule has 0 saturated carbocycles. The molecule has 1 atom stereocenters. The number of anilines is 1. The zero-order valence-electron chi connectivity index (χ0n) is 11.7. The highest BCUT2D eigenvalue weighted by Gasteiger charge is 2.32. The van der Waals surface area contributed by atoms with Gasteiger partial charge in [0.15, 0.2) is 0 Å². The van der Waals surface area contributed by atoms with Gasteiger partial charge in [0.1, 0.15) is 0 Å². The number of fused-ring (bicyclic) bond motifs is 1. The molecule has 2 rings (SSSR count). The largest absolute Gasteiger partial charge is 0.391 e. The van der Waals surface area contributed by atoms with Crippen LogP contribution in [0.4, 0.5) is 18.9 Å². The maximum atomic E-state index is 12.3. The third-order valence-corrected chi connectivity index (χ3v) is 4.41. The summed E-state index contributed by atoms with van der Waals surface area (Å²) in [6.07, 6.45) is -5.88. The van der Waals surface area contributed by atoms with Gasteiger partial charge in [0.2, 0.25) is 10.0 Å². The smallest absolute Gasteiger partial charge is 0.391 e. The molecule has 1 aliphatic heterocycles. The second-order valence-corrected chi connectivity index (χ2v) is 6.92. The summed E-state index contributed by atoms with van der Waals surface area (Å²) >= 11 is 0. The molecule has 1 aromatic carbocycles. The highest BCUT2D eigenvalue weighted by molar-refractivity contribution is 7.89. The van der Waals surface area contributed by atoms with Gasteiger partial charge in [-0.05, 0) is 30.5 Å². The molecule has 0 aromatic heterocycles. The van der Waals surface area contributed by atoms with E-state index in [1.165, 1.54) is 12.1 Å². The summed E-state index contributed by atoms with van der Waals surface area (Å²) in [7, 11) is -3.89. The van der Waals surface area contributed by atoms with E-state index in [4.69, 9.17) is 5.14 Å². The van der Waals surface area contributed by atoms with E-state index >= 15 is 0 Å². The first kappa shape index (κ1) is 17.0. The maximum absolute atomic E-state index is 12.3. The molecule has 0 spiro atoms. The van der Waals surface area contributed by atoms with Crippen molar-refractivity contribution in [2.75, 3.05) is 18.0 Å². The monoisotopic (exact) mass is 338 g/mol. The minimum Gasteiger partial charge on any atom is -0.391 e. The molecule has 1 aromatic rings. The number of aliphatic hydroxyl groups excluding tert-OH is 1. The molecule has 0 fully saturated rings. The first-order chi connectivity index (χ1) is 10.1. The van der Waals surface area contributed by atoms with Crippen LogP contribution in [0.5, 0.6) is 0 Å². The average molecular weight is 338 g/mol. The fourth-order valence-corrected chi connectivity index (χ4v) is 3.12. The van der Waals surface area contributed by atoms with Gasteiger partial charge in [-0.2, -0.15) is 13.2 Å². The first-order valence-electron chi connectivity index (χ1n) is 6.72. The van der Waals surface area contributed by atoms with Crippen molar-refractivity contribution in [2.24, 2.45) is 5.14 Å². The van der Waals surface area contributed by atoms with Crippen LogP contribution in [-0.4, -0.2) is 38.9 Å². The van der Waals surface area contributed by atoms with Gasteiger partial charge in [-0.3, -0.25) is 0 Å². The second kappa shape index (κ2) is 6.05. The van der Waals surface area contributed by atoms with Crippen LogP contribution in [0.2, 0.25) is 0 Å². The van der Waals surface area contributed by atoms with E-state index in [9.17, 15) is 26.7 Å². The molecule has 0 bridgehead atoms. The zero-order valence-corrected chi connectivity index (χ0v) is 12.5. The van der Waals surface area contributed by atoms with Gasteiger partial charge >= 0.3 is 6.18 Å². The second-order valence-electron chi connectivity index (χ2n) is 5.36. The number of rotatable bonds is 4. The van der Waals surface area contributed by atoms with Crippen LogP contribution in [0.25, 0.3) is 0 Å². The van der Waals surface area contributed by atoms with Crippen LogP contribution in [-0.2, 0) is 16.4 Å². The summed E-state index contributed by atoms with van der Waals surface area (Å²) in [5.41, 5.74) is 1.34. The highest BCUT2D eigenvalue weighted by atomic mass is 32.2. The van der Waals surface area contributed by atoms with E-state index in [2.05, 4.69) is 0 Å². The van der Waals surface area contributed by atoms with E-state index in [0.29, 0.717) is 18.7 Å². The molecule has 1 aliphatic rings. The number of hydrogen-bond donors (Lipinski definition) is 2. The molecule has 9 heteroatoms. The third kappa shape index (κ3) is 4.34. The highest BCUT2D eigenvalue weighted by Crippen LogP contribution is 2.30. The average Bonchev–Trinajstić information content (AvgIpc) is 2.35. The molecule has 1 unspecified atom stereocenters. The normalized spacial score (nSPS) is 17.2. The van der Waals surface area contributed by atoms with Gasteiger partial charge < -0.3 is 10.0 Å². The Labute approximate surface area is 126 Å². The van der Waals surface area contributed by atoms with Crippen LogP contribution < -0.4 is 10.0 Å². The number of hydrogen-bond acceptors (Lipinski definition) is 4. The molecule has 0 amide bonds. The van der Waals surface area contributed by atoms with E-state index in [1.807, 2.05) is 0 Å². The number of benzene rings is 1. The van der Waals surface area contributed by atoms with E-state index in [1.54, 1.807) is 11.0 Å². The molecule has 124 valence electrons. The number of halogens is 3. The third-order valence-electron chi connectivity index (χ3n) is 3.50. The lowest BCUT2D eigenvalue weighted by atomic mass is 10.0. The number of primary sulfonamides is 1. The van der Waals surface area contributed by atoms with Crippen molar-refractivity contribution in [1.82, 2.24) is 0 Å². The Hall–Kier alpha value is -1.32. The minimum atomic E-state index is -4.44. The Morgan fingerprint density at radius 1 is 1.36 bits per heavy atom. The van der Waals surface area contributed by atoms with Crippen LogP contribution in [0.3, 0.4) is 0 Å². The van der Waals surface area contributed by atoms with Crippen molar-refractivity contribution in [3.05, 3.63) is 23.8 Å². The van der Waals surface area contributed by atoms with E-state index < -0.39 is 28.7 Å².